The van der Waals surface area contributed by atoms with Gasteiger partial charge in [0.2, 0.25) is 0 Å². The molecule has 2 aromatic rings. The van der Waals surface area contributed by atoms with Crippen molar-refractivity contribution in [1.29, 1.82) is 0 Å². The Morgan fingerprint density at radius 1 is 1.12 bits per heavy atom. The molecule has 1 aliphatic heterocycles. The summed E-state index contributed by atoms with van der Waals surface area (Å²) < 4.78 is 5.73. The molecular weight excluding hydrogens is 322 g/mol. The van der Waals surface area contributed by atoms with Crippen LogP contribution in [0.25, 0.3) is 0 Å². The molecule has 4 aliphatic rings. The van der Waals surface area contributed by atoms with Crippen LogP contribution in [0.3, 0.4) is 0 Å². The Hall–Kier alpha value is -2.13. The lowest BCUT2D eigenvalue weighted by Crippen LogP contribution is -2.43. The van der Waals surface area contributed by atoms with Gasteiger partial charge in [0.05, 0.1) is 5.56 Å². The number of piperidine rings is 1. The summed E-state index contributed by atoms with van der Waals surface area (Å²) >= 11 is 0. The molecule has 2 saturated carbocycles. The fourth-order valence-electron chi connectivity index (χ4n) is 6.42. The topological polar surface area (TPSA) is 48.2 Å². The van der Waals surface area contributed by atoms with Gasteiger partial charge < -0.3 is 10.1 Å². The van der Waals surface area contributed by atoms with Crippen LogP contribution in [0.1, 0.15) is 53.6 Å². The minimum absolute atomic E-state index is 0.272. The fourth-order valence-corrected chi connectivity index (χ4v) is 6.42. The smallest absolute Gasteiger partial charge is 0.343 e. The molecule has 0 aromatic heterocycles. The molecule has 1 N–H and O–H groups in total. The summed E-state index contributed by atoms with van der Waals surface area (Å²) in [5.41, 5.74) is 4.24. The van der Waals surface area contributed by atoms with E-state index in [1.807, 2.05) is 24.3 Å². The molecule has 3 fully saturated rings. The van der Waals surface area contributed by atoms with Gasteiger partial charge in [0.1, 0.15) is 5.75 Å². The second-order valence-electron chi connectivity index (χ2n) is 8.71. The van der Waals surface area contributed by atoms with Gasteiger partial charge >= 0.3 is 5.97 Å². The number of hydrogen-bond donors (Lipinski definition) is 1. The standard InChI is InChI=1S/C23H23NO2/c25-21(15-6-2-1-3-7-15)26-17-10-9-16-13-23-14-22(19(16)12-17)11-5-4-8-18(22)20(23)24-23/h1-3,6-7,9-10,12,18,20,24H,4-5,8,11,13-14H2. The predicted octanol–water partition coefficient (Wildman–Crippen LogP) is 4.00. The Balaban J connectivity index is 1.37. The van der Waals surface area contributed by atoms with E-state index in [2.05, 4.69) is 17.4 Å². The number of ether oxygens (including phenoxy) is 1. The van der Waals surface area contributed by atoms with E-state index >= 15 is 0 Å². The van der Waals surface area contributed by atoms with E-state index in [4.69, 9.17) is 4.74 Å². The third-order valence-electron chi connectivity index (χ3n) is 7.43. The highest BCUT2D eigenvalue weighted by molar-refractivity contribution is 5.91. The minimum atomic E-state index is -0.272. The zero-order valence-corrected chi connectivity index (χ0v) is 14.8. The van der Waals surface area contributed by atoms with Gasteiger partial charge in [0.25, 0.3) is 0 Å². The molecule has 1 saturated heterocycles. The lowest BCUT2D eigenvalue weighted by Gasteiger charge is -2.45. The van der Waals surface area contributed by atoms with Gasteiger partial charge in [0, 0.05) is 17.0 Å². The maximum atomic E-state index is 12.4. The number of hydrogen-bond acceptors (Lipinski definition) is 3. The Morgan fingerprint density at radius 3 is 2.88 bits per heavy atom. The van der Waals surface area contributed by atoms with Gasteiger partial charge in [-0.3, -0.25) is 0 Å². The Morgan fingerprint density at radius 2 is 2.00 bits per heavy atom. The lowest BCUT2D eigenvalue weighted by atomic mass is 9.60. The average molecular weight is 345 g/mol. The molecule has 4 unspecified atom stereocenters. The van der Waals surface area contributed by atoms with Crippen LogP contribution in [0, 0.1) is 5.92 Å². The highest BCUT2D eigenvalue weighted by Gasteiger charge is 2.72. The maximum absolute atomic E-state index is 12.4. The van der Waals surface area contributed by atoms with Gasteiger partial charge in [-0.15, -0.1) is 0 Å². The molecule has 3 nitrogen and oxygen atoms in total. The summed E-state index contributed by atoms with van der Waals surface area (Å²) in [5.74, 6) is 1.19. The zero-order valence-electron chi connectivity index (χ0n) is 14.8. The zero-order chi connectivity index (χ0) is 17.4. The van der Waals surface area contributed by atoms with Crippen LogP contribution in [0.2, 0.25) is 0 Å². The van der Waals surface area contributed by atoms with Crippen molar-refractivity contribution in [1.82, 2.24) is 5.32 Å². The monoisotopic (exact) mass is 345 g/mol. The summed E-state index contributed by atoms with van der Waals surface area (Å²) in [6, 6.07) is 16.3. The molecule has 0 amide bonds. The minimum Gasteiger partial charge on any atom is -0.423 e. The molecule has 1 heterocycles. The van der Waals surface area contributed by atoms with Crippen LogP contribution in [0.4, 0.5) is 0 Å². The van der Waals surface area contributed by atoms with Crippen LogP contribution in [0.15, 0.2) is 48.5 Å². The van der Waals surface area contributed by atoms with E-state index in [-0.39, 0.29) is 5.97 Å². The van der Waals surface area contributed by atoms with E-state index in [0.717, 1.165) is 12.3 Å². The molecule has 3 heteroatoms. The quantitative estimate of drug-likeness (QED) is 0.508. The predicted molar refractivity (Wildman–Crippen MR) is 99.5 cm³/mol. The Labute approximate surface area is 153 Å². The third kappa shape index (κ3) is 1.90. The molecule has 0 radical (unpaired) electrons. The van der Waals surface area contributed by atoms with Gasteiger partial charge in [-0.1, -0.05) is 37.1 Å². The highest BCUT2D eigenvalue weighted by Crippen LogP contribution is 2.67. The van der Waals surface area contributed by atoms with Crippen molar-refractivity contribution in [3.05, 3.63) is 65.2 Å². The molecule has 2 spiro atoms. The summed E-state index contributed by atoms with van der Waals surface area (Å²) in [5, 5.41) is 3.83. The number of carbonyl (C=O) groups excluding carboxylic acids is 1. The van der Waals surface area contributed by atoms with Crippen molar-refractivity contribution in [3.63, 3.8) is 0 Å². The first-order chi connectivity index (χ1) is 12.7. The summed E-state index contributed by atoms with van der Waals surface area (Å²) in [4.78, 5) is 12.4. The molecule has 2 bridgehead atoms. The van der Waals surface area contributed by atoms with Crippen LogP contribution in [-0.2, 0) is 11.8 Å². The first-order valence-corrected chi connectivity index (χ1v) is 9.89. The van der Waals surface area contributed by atoms with Crippen molar-refractivity contribution in [2.45, 2.75) is 55.5 Å². The van der Waals surface area contributed by atoms with E-state index in [1.165, 1.54) is 43.2 Å². The molecule has 132 valence electrons. The van der Waals surface area contributed by atoms with Gasteiger partial charge in [0.15, 0.2) is 0 Å². The number of carbonyl (C=O) groups is 1. The van der Waals surface area contributed by atoms with Crippen LogP contribution >= 0.6 is 0 Å². The van der Waals surface area contributed by atoms with E-state index < -0.39 is 0 Å². The largest absolute Gasteiger partial charge is 0.423 e. The lowest BCUT2D eigenvalue weighted by molar-refractivity contribution is 0.0734. The number of esters is 1. The second-order valence-corrected chi connectivity index (χ2v) is 8.71. The highest BCUT2D eigenvalue weighted by atomic mass is 16.5. The first-order valence-electron chi connectivity index (χ1n) is 9.89. The maximum Gasteiger partial charge on any atom is 0.343 e. The summed E-state index contributed by atoms with van der Waals surface area (Å²) in [6.07, 6.45) is 7.73. The number of benzene rings is 2. The SMILES string of the molecule is O=C(Oc1ccc2c(c1)C13CCCCC1C1NC1(C2)C3)c1ccccc1. The number of nitrogens with one attached hydrogen (secondary N) is 1. The van der Waals surface area contributed by atoms with Crippen molar-refractivity contribution in [3.8, 4) is 5.75 Å². The average Bonchev–Trinajstić information content (AvgIpc) is 3.29. The first kappa shape index (κ1) is 15.0. The number of fused-ring (bicyclic) bond motifs is 2. The van der Waals surface area contributed by atoms with E-state index in [1.54, 1.807) is 12.1 Å². The van der Waals surface area contributed by atoms with Crippen LogP contribution in [0.5, 0.6) is 5.75 Å². The third-order valence-corrected chi connectivity index (χ3v) is 7.43. The molecule has 2 aromatic carbocycles. The molecular formula is C23H23NO2. The molecule has 26 heavy (non-hydrogen) atoms. The van der Waals surface area contributed by atoms with Gasteiger partial charge in [-0.2, -0.15) is 0 Å². The van der Waals surface area contributed by atoms with Crippen LogP contribution in [-0.4, -0.2) is 17.6 Å². The van der Waals surface area contributed by atoms with E-state index in [0.29, 0.717) is 28.3 Å². The van der Waals surface area contributed by atoms with Crippen molar-refractivity contribution < 1.29 is 9.53 Å². The van der Waals surface area contributed by atoms with Crippen molar-refractivity contribution in [2.24, 2.45) is 5.92 Å². The van der Waals surface area contributed by atoms with Crippen LogP contribution < -0.4 is 10.1 Å². The van der Waals surface area contributed by atoms with Crippen molar-refractivity contribution >= 4 is 5.97 Å². The number of rotatable bonds is 2. The Bertz CT molecular complexity index is 908. The second kappa shape index (κ2) is 4.98. The normalized spacial score (nSPS) is 35.8. The Kier molecular flexibility index (Phi) is 2.87. The van der Waals surface area contributed by atoms with Crippen molar-refractivity contribution in [2.75, 3.05) is 0 Å². The van der Waals surface area contributed by atoms with Gasteiger partial charge in [-0.25, -0.2) is 4.79 Å². The molecule has 4 atom stereocenters. The van der Waals surface area contributed by atoms with Gasteiger partial charge in [-0.05, 0) is 67.0 Å². The fraction of sp³-hybridized carbons (Fsp3) is 0.435. The molecule has 3 aliphatic carbocycles. The molecule has 6 rings (SSSR count). The summed E-state index contributed by atoms with van der Waals surface area (Å²) in [6.45, 7) is 0. The summed E-state index contributed by atoms with van der Waals surface area (Å²) in [7, 11) is 0. The van der Waals surface area contributed by atoms with E-state index in [9.17, 15) is 4.79 Å².